The average molecular weight is 447 g/mol. The third-order valence-electron chi connectivity index (χ3n) is 5.36. The maximum atomic E-state index is 12.8. The van der Waals surface area contributed by atoms with Gasteiger partial charge >= 0.3 is 6.18 Å². The van der Waals surface area contributed by atoms with Crippen molar-refractivity contribution in [2.45, 2.75) is 72.4 Å². The van der Waals surface area contributed by atoms with E-state index in [9.17, 15) is 22.4 Å². The van der Waals surface area contributed by atoms with Crippen LogP contribution in [0, 0.1) is 23.6 Å². The standard InChI is InChI=1S/C12H22F3N.C12H16FNO/c1-10(2)4-3-7-16-8-5-11(6-9-16)12(13,14)15;1-9(2)6-7-12(15)14-11-5-3-4-10(13)8-11/h10-11H,3-9H2,1-2H3;3-5,8-9H,6-7H2,1-2H3,(H,14,15). The summed E-state index contributed by atoms with van der Waals surface area (Å²) in [6.07, 6.45) is 0.184. The van der Waals surface area contributed by atoms with Crippen LogP contribution in [0.25, 0.3) is 0 Å². The van der Waals surface area contributed by atoms with Gasteiger partial charge in [0.2, 0.25) is 5.91 Å². The first-order valence-corrected chi connectivity index (χ1v) is 11.3. The number of likely N-dealkylation sites (tertiary alicyclic amines) is 1. The third-order valence-corrected chi connectivity index (χ3v) is 5.36. The number of anilines is 1. The minimum Gasteiger partial charge on any atom is -0.326 e. The van der Waals surface area contributed by atoms with Gasteiger partial charge in [-0.25, -0.2) is 4.39 Å². The average Bonchev–Trinajstić information content (AvgIpc) is 2.66. The maximum absolute atomic E-state index is 12.8. The number of benzene rings is 1. The summed E-state index contributed by atoms with van der Waals surface area (Å²) < 4.78 is 50.0. The Morgan fingerprint density at radius 3 is 2.23 bits per heavy atom. The van der Waals surface area contributed by atoms with Crippen LogP contribution in [-0.4, -0.2) is 36.6 Å². The van der Waals surface area contributed by atoms with E-state index >= 15 is 0 Å². The number of alkyl halides is 3. The van der Waals surface area contributed by atoms with Crippen LogP contribution in [0.1, 0.15) is 66.2 Å². The van der Waals surface area contributed by atoms with Crippen molar-refractivity contribution in [3.05, 3.63) is 30.1 Å². The minimum atomic E-state index is -3.98. The number of rotatable bonds is 8. The van der Waals surface area contributed by atoms with Gasteiger partial charge in [-0.2, -0.15) is 13.2 Å². The van der Waals surface area contributed by atoms with Crippen LogP contribution < -0.4 is 5.32 Å². The summed E-state index contributed by atoms with van der Waals surface area (Å²) in [4.78, 5) is 13.6. The highest BCUT2D eigenvalue weighted by Gasteiger charge is 2.40. The molecule has 1 amide bonds. The lowest BCUT2D eigenvalue weighted by atomic mass is 9.96. The topological polar surface area (TPSA) is 32.3 Å². The maximum Gasteiger partial charge on any atom is 0.391 e. The van der Waals surface area contributed by atoms with Crippen LogP contribution in [0.2, 0.25) is 0 Å². The zero-order chi connectivity index (χ0) is 23.4. The summed E-state index contributed by atoms with van der Waals surface area (Å²) in [6, 6.07) is 5.92. The molecule has 0 aliphatic carbocycles. The smallest absolute Gasteiger partial charge is 0.326 e. The number of halogens is 4. The number of hydrogen-bond acceptors (Lipinski definition) is 2. The van der Waals surface area contributed by atoms with E-state index in [1.54, 1.807) is 12.1 Å². The Bertz CT molecular complexity index is 639. The molecule has 0 atom stereocenters. The molecule has 1 fully saturated rings. The van der Waals surface area contributed by atoms with Gasteiger partial charge in [0.05, 0.1) is 5.92 Å². The Hall–Kier alpha value is -1.63. The number of hydrogen-bond donors (Lipinski definition) is 1. The summed E-state index contributed by atoms with van der Waals surface area (Å²) in [5.74, 6) is -0.268. The normalized spacial score (nSPS) is 15.7. The minimum absolute atomic E-state index is 0.0608. The van der Waals surface area contributed by atoms with E-state index < -0.39 is 12.1 Å². The number of nitrogens with one attached hydrogen (secondary N) is 1. The highest BCUT2D eigenvalue weighted by Crippen LogP contribution is 2.34. The number of carbonyl (C=O) groups excluding carboxylic acids is 1. The van der Waals surface area contributed by atoms with Gasteiger partial charge in [-0.3, -0.25) is 4.79 Å². The van der Waals surface area contributed by atoms with Crippen molar-refractivity contribution >= 4 is 11.6 Å². The summed E-state index contributed by atoms with van der Waals surface area (Å²) in [5, 5.41) is 2.66. The second-order valence-corrected chi connectivity index (χ2v) is 9.18. The molecule has 178 valence electrons. The first-order valence-electron chi connectivity index (χ1n) is 11.3. The summed E-state index contributed by atoms with van der Waals surface area (Å²) >= 11 is 0. The highest BCUT2D eigenvalue weighted by molar-refractivity contribution is 5.90. The molecule has 0 radical (unpaired) electrons. The van der Waals surface area contributed by atoms with Gasteiger partial charge < -0.3 is 10.2 Å². The molecule has 0 unspecified atom stereocenters. The third kappa shape index (κ3) is 12.7. The van der Waals surface area contributed by atoms with Crippen LogP contribution >= 0.6 is 0 Å². The van der Waals surface area contributed by atoms with Gasteiger partial charge in [-0.15, -0.1) is 0 Å². The lowest BCUT2D eigenvalue weighted by Gasteiger charge is -2.32. The fraction of sp³-hybridized carbons (Fsp3) is 0.708. The molecule has 1 aromatic rings. The molecule has 0 aromatic heterocycles. The molecule has 3 nitrogen and oxygen atoms in total. The fourth-order valence-corrected chi connectivity index (χ4v) is 3.42. The summed E-state index contributed by atoms with van der Waals surface area (Å²) in [5.41, 5.74) is 0.517. The summed E-state index contributed by atoms with van der Waals surface area (Å²) in [6.45, 7) is 10.7. The number of nitrogens with zero attached hydrogens (tertiary/aromatic N) is 1. The fourth-order valence-electron chi connectivity index (χ4n) is 3.42. The van der Waals surface area contributed by atoms with Crippen LogP contribution in [-0.2, 0) is 4.79 Å². The van der Waals surface area contributed by atoms with Gasteiger partial charge in [-0.1, -0.05) is 33.8 Å². The molecule has 1 aromatic carbocycles. The molecule has 1 saturated heterocycles. The van der Waals surface area contributed by atoms with Crippen molar-refractivity contribution in [1.82, 2.24) is 4.90 Å². The van der Waals surface area contributed by atoms with Crippen LogP contribution in [0.4, 0.5) is 23.2 Å². The molecule has 31 heavy (non-hydrogen) atoms. The Kier molecular flexibility index (Phi) is 12.1. The molecule has 0 spiro atoms. The molecular weight excluding hydrogens is 408 g/mol. The molecule has 0 saturated carbocycles. The second-order valence-electron chi connectivity index (χ2n) is 9.18. The molecule has 1 aliphatic heterocycles. The molecular formula is C24H38F4N2O. The second kappa shape index (κ2) is 13.7. The highest BCUT2D eigenvalue weighted by atomic mass is 19.4. The zero-order valence-corrected chi connectivity index (χ0v) is 19.3. The molecule has 1 heterocycles. The monoisotopic (exact) mass is 446 g/mol. The molecule has 1 aliphatic rings. The SMILES string of the molecule is CC(C)CCC(=O)Nc1cccc(F)c1.CC(C)CCCN1CCC(C(F)(F)F)CC1. The Labute approximate surface area is 184 Å². The van der Waals surface area contributed by atoms with Crippen molar-refractivity contribution in [2.75, 3.05) is 25.0 Å². The van der Waals surface area contributed by atoms with E-state index in [1.165, 1.54) is 18.6 Å². The molecule has 7 heteroatoms. The van der Waals surface area contributed by atoms with E-state index in [0.717, 1.165) is 19.4 Å². The van der Waals surface area contributed by atoms with Gasteiger partial charge in [0.25, 0.3) is 0 Å². The van der Waals surface area contributed by atoms with E-state index in [4.69, 9.17) is 0 Å². The van der Waals surface area contributed by atoms with Crippen LogP contribution in [0.15, 0.2) is 24.3 Å². The van der Waals surface area contributed by atoms with Crippen molar-refractivity contribution < 1.29 is 22.4 Å². The number of carbonyl (C=O) groups is 1. The van der Waals surface area contributed by atoms with Crippen molar-refractivity contribution in [3.63, 3.8) is 0 Å². The molecule has 2 rings (SSSR count). The van der Waals surface area contributed by atoms with Crippen LogP contribution in [0.5, 0.6) is 0 Å². The summed E-state index contributed by atoms with van der Waals surface area (Å²) in [7, 11) is 0. The first kappa shape index (κ1) is 27.4. The van der Waals surface area contributed by atoms with E-state index in [0.29, 0.717) is 37.0 Å². The van der Waals surface area contributed by atoms with Gasteiger partial charge in [-0.05, 0) is 81.8 Å². The first-order chi connectivity index (χ1) is 14.5. The van der Waals surface area contributed by atoms with Crippen molar-refractivity contribution in [1.29, 1.82) is 0 Å². The van der Waals surface area contributed by atoms with Crippen molar-refractivity contribution in [2.24, 2.45) is 17.8 Å². The Balaban J connectivity index is 0.000000311. The van der Waals surface area contributed by atoms with E-state index in [-0.39, 0.29) is 24.6 Å². The van der Waals surface area contributed by atoms with Crippen molar-refractivity contribution in [3.8, 4) is 0 Å². The Morgan fingerprint density at radius 1 is 1.10 bits per heavy atom. The van der Waals surface area contributed by atoms with Gasteiger partial charge in [0.1, 0.15) is 5.82 Å². The molecule has 0 bridgehead atoms. The number of amides is 1. The lowest BCUT2D eigenvalue weighted by Crippen LogP contribution is -2.39. The predicted molar refractivity (Wildman–Crippen MR) is 118 cm³/mol. The predicted octanol–water partition coefficient (Wildman–Crippen LogP) is 6.90. The number of piperidine rings is 1. The van der Waals surface area contributed by atoms with Crippen LogP contribution in [0.3, 0.4) is 0 Å². The van der Waals surface area contributed by atoms with Gasteiger partial charge in [0, 0.05) is 12.1 Å². The van der Waals surface area contributed by atoms with Gasteiger partial charge in [0.15, 0.2) is 0 Å². The lowest BCUT2D eigenvalue weighted by molar-refractivity contribution is -0.185. The largest absolute Gasteiger partial charge is 0.391 e. The van der Waals surface area contributed by atoms with E-state index in [1.807, 2.05) is 0 Å². The zero-order valence-electron chi connectivity index (χ0n) is 19.3. The Morgan fingerprint density at radius 2 is 1.71 bits per heavy atom. The quantitative estimate of drug-likeness (QED) is 0.441. The van der Waals surface area contributed by atoms with E-state index in [2.05, 4.69) is 37.9 Å². The molecule has 1 N–H and O–H groups in total.